The summed E-state index contributed by atoms with van der Waals surface area (Å²) in [5.74, 6) is 0.917. The standard InChI is InChI=1S/C21H27N5S/c1-3-14-24(16-18-8-6-5-7-9-18)17-26-21(27)25(15-4-2)20(23-26)19-10-12-22-13-11-19/h5-13H,3-4,14-17H2,1-2H3. The smallest absolute Gasteiger partial charge is 0.199 e. The number of benzene rings is 1. The lowest BCUT2D eigenvalue weighted by atomic mass is 10.2. The second-order valence-corrected chi connectivity index (χ2v) is 7.04. The summed E-state index contributed by atoms with van der Waals surface area (Å²) < 4.78 is 4.87. The quantitative estimate of drug-likeness (QED) is 0.501. The highest BCUT2D eigenvalue weighted by Crippen LogP contribution is 2.18. The maximum Gasteiger partial charge on any atom is 0.199 e. The van der Waals surface area contributed by atoms with Gasteiger partial charge in [-0.2, -0.15) is 5.10 Å². The normalized spacial score (nSPS) is 11.2. The van der Waals surface area contributed by atoms with E-state index in [9.17, 15) is 0 Å². The Hall–Kier alpha value is -2.31. The Morgan fingerprint density at radius 2 is 1.74 bits per heavy atom. The molecule has 0 spiro atoms. The zero-order chi connectivity index (χ0) is 19.1. The summed E-state index contributed by atoms with van der Waals surface area (Å²) in [6.07, 6.45) is 5.70. The van der Waals surface area contributed by atoms with Crippen LogP contribution in [0.15, 0.2) is 54.9 Å². The third-order valence-corrected chi connectivity index (χ3v) is 4.86. The molecule has 0 unspecified atom stereocenters. The largest absolute Gasteiger partial charge is 0.300 e. The topological polar surface area (TPSA) is 38.9 Å². The fourth-order valence-electron chi connectivity index (χ4n) is 3.22. The monoisotopic (exact) mass is 381 g/mol. The Bertz CT molecular complexity index is 886. The molecule has 2 aromatic heterocycles. The maximum atomic E-state index is 5.77. The Balaban J connectivity index is 1.89. The summed E-state index contributed by atoms with van der Waals surface area (Å²) in [5.41, 5.74) is 2.35. The van der Waals surface area contributed by atoms with Gasteiger partial charge in [0.15, 0.2) is 10.6 Å². The van der Waals surface area contributed by atoms with E-state index in [4.69, 9.17) is 17.3 Å². The lowest BCUT2D eigenvalue weighted by molar-refractivity contribution is 0.197. The maximum absolute atomic E-state index is 5.77. The van der Waals surface area contributed by atoms with Crippen LogP contribution in [0.1, 0.15) is 32.3 Å². The van der Waals surface area contributed by atoms with Gasteiger partial charge in [0.2, 0.25) is 0 Å². The molecule has 0 radical (unpaired) electrons. The number of nitrogens with zero attached hydrogens (tertiary/aromatic N) is 5. The second-order valence-electron chi connectivity index (χ2n) is 6.67. The van der Waals surface area contributed by atoms with Crippen molar-refractivity contribution in [3.05, 3.63) is 65.2 Å². The first kappa shape index (κ1) is 19.5. The van der Waals surface area contributed by atoms with Gasteiger partial charge in [-0.3, -0.25) is 14.5 Å². The van der Waals surface area contributed by atoms with Crippen LogP contribution < -0.4 is 0 Å². The molecule has 0 aliphatic rings. The van der Waals surface area contributed by atoms with Crippen LogP contribution in [0.3, 0.4) is 0 Å². The van der Waals surface area contributed by atoms with Crippen molar-refractivity contribution in [2.24, 2.45) is 0 Å². The Kier molecular flexibility index (Phi) is 6.90. The SMILES string of the molecule is CCCN(Cc1ccccc1)Cn1nc(-c2ccncc2)n(CCC)c1=S. The van der Waals surface area contributed by atoms with E-state index in [1.807, 2.05) is 16.8 Å². The zero-order valence-electron chi connectivity index (χ0n) is 16.1. The molecule has 5 nitrogen and oxygen atoms in total. The molecule has 0 aliphatic carbocycles. The molecule has 2 heterocycles. The molecule has 0 amide bonds. The van der Waals surface area contributed by atoms with Crippen molar-refractivity contribution < 1.29 is 0 Å². The molecular weight excluding hydrogens is 354 g/mol. The average Bonchev–Trinajstić information content (AvgIpc) is 3.00. The molecule has 142 valence electrons. The summed E-state index contributed by atoms with van der Waals surface area (Å²) in [7, 11) is 0. The van der Waals surface area contributed by atoms with Crippen molar-refractivity contribution in [3.8, 4) is 11.4 Å². The molecule has 6 heteroatoms. The minimum atomic E-state index is 0.691. The van der Waals surface area contributed by atoms with Gasteiger partial charge in [-0.1, -0.05) is 44.2 Å². The highest BCUT2D eigenvalue weighted by Gasteiger charge is 2.14. The van der Waals surface area contributed by atoms with Gasteiger partial charge in [0.25, 0.3) is 0 Å². The lowest BCUT2D eigenvalue weighted by Crippen LogP contribution is -2.27. The van der Waals surface area contributed by atoms with Gasteiger partial charge >= 0.3 is 0 Å². The van der Waals surface area contributed by atoms with Crippen molar-refractivity contribution in [3.63, 3.8) is 0 Å². The van der Waals surface area contributed by atoms with Crippen LogP contribution in [0, 0.1) is 4.77 Å². The third-order valence-electron chi connectivity index (χ3n) is 4.43. The highest BCUT2D eigenvalue weighted by atomic mass is 32.1. The minimum absolute atomic E-state index is 0.691. The predicted octanol–water partition coefficient (Wildman–Crippen LogP) is 4.76. The highest BCUT2D eigenvalue weighted by molar-refractivity contribution is 7.71. The van der Waals surface area contributed by atoms with Crippen LogP contribution in [0.4, 0.5) is 0 Å². The van der Waals surface area contributed by atoms with E-state index in [1.54, 1.807) is 12.4 Å². The van der Waals surface area contributed by atoms with Crippen molar-refractivity contribution in [2.45, 2.75) is 46.4 Å². The Labute approximate surface area is 166 Å². The van der Waals surface area contributed by atoms with E-state index in [-0.39, 0.29) is 0 Å². The van der Waals surface area contributed by atoms with Gasteiger partial charge < -0.3 is 0 Å². The predicted molar refractivity (Wildman–Crippen MR) is 112 cm³/mol. The van der Waals surface area contributed by atoms with Gasteiger partial charge in [0.1, 0.15) is 0 Å². The number of hydrogen-bond acceptors (Lipinski definition) is 4. The van der Waals surface area contributed by atoms with Crippen LogP contribution in [0.2, 0.25) is 0 Å². The molecule has 0 bridgehead atoms. The van der Waals surface area contributed by atoms with Gasteiger partial charge in [0, 0.05) is 31.0 Å². The summed E-state index contributed by atoms with van der Waals surface area (Å²) in [5, 5.41) is 4.87. The van der Waals surface area contributed by atoms with Crippen molar-refractivity contribution in [1.82, 2.24) is 24.2 Å². The van der Waals surface area contributed by atoms with Gasteiger partial charge in [-0.05, 0) is 49.3 Å². The first-order valence-corrected chi connectivity index (χ1v) is 9.98. The van der Waals surface area contributed by atoms with Gasteiger partial charge in [-0.25, -0.2) is 4.68 Å². The summed E-state index contributed by atoms with van der Waals surface area (Å²) in [6, 6.07) is 14.5. The molecule has 0 fully saturated rings. The summed E-state index contributed by atoms with van der Waals surface area (Å²) >= 11 is 5.77. The second kappa shape index (κ2) is 9.58. The molecule has 27 heavy (non-hydrogen) atoms. The summed E-state index contributed by atoms with van der Waals surface area (Å²) in [6.45, 7) is 7.81. The van der Waals surface area contributed by atoms with Crippen molar-refractivity contribution >= 4 is 12.2 Å². The van der Waals surface area contributed by atoms with Crippen LogP contribution in [0.5, 0.6) is 0 Å². The van der Waals surface area contributed by atoms with Gasteiger partial charge in [-0.15, -0.1) is 0 Å². The molecule has 0 aliphatic heterocycles. The number of aromatic nitrogens is 4. The molecule has 0 saturated heterocycles. The average molecular weight is 382 g/mol. The molecule has 0 N–H and O–H groups in total. The first-order valence-electron chi connectivity index (χ1n) is 9.57. The van der Waals surface area contributed by atoms with E-state index in [1.165, 1.54) is 5.56 Å². The molecule has 0 atom stereocenters. The molecule has 1 aromatic carbocycles. The molecular formula is C21H27N5S. The molecule has 0 saturated carbocycles. The van der Waals surface area contributed by atoms with E-state index in [0.717, 1.165) is 48.6 Å². The van der Waals surface area contributed by atoms with Crippen molar-refractivity contribution in [1.29, 1.82) is 0 Å². The van der Waals surface area contributed by atoms with Crippen LogP contribution >= 0.6 is 12.2 Å². The zero-order valence-corrected chi connectivity index (χ0v) is 16.9. The fourth-order valence-corrected chi connectivity index (χ4v) is 3.50. The van der Waals surface area contributed by atoms with Crippen LogP contribution in [-0.4, -0.2) is 30.8 Å². The number of pyridine rings is 1. The van der Waals surface area contributed by atoms with Crippen molar-refractivity contribution in [2.75, 3.05) is 6.54 Å². The van der Waals surface area contributed by atoms with Gasteiger partial charge in [0.05, 0.1) is 6.67 Å². The van der Waals surface area contributed by atoms with E-state index in [2.05, 4.69) is 58.6 Å². The minimum Gasteiger partial charge on any atom is -0.300 e. The molecule has 3 rings (SSSR count). The van der Waals surface area contributed by atoms with E-state index >= 15 is 0 Å². The Morgan fingerprint density at radius 1 is 1.00 bits per heavy atom. The molecule has 3 aromatic rings. The van der Waals surface area contributed by atoms with Crippen LogP contribution in [-0.2, 0) is 19.8 Å². The van der Waals surface area contributed by atoms with E-state index < -0.39 is 0 Å². The van der Waals surface area contributed by atoms with E-state index in [0.29, 0.717) is 6.67 Å². The first-order chi connectivity index (χ1) is 13.2. The van der Waals surface area contributed by atoms with Crippen LogP contribution in [0.25, 0.3) is 11.4 Å². The number of hydrogen-bond donors (Lipinski definition) is 0. The summed E-state index contributed by atoms with van der Waals surface area (Å²) in [4.78, 5) is 6.51. The lowest BCUT2D eigenvalue weighted by Gasteiger charge is -2.21. The Morgan fingerprint density at radius 3 is 2.41 bits per heavy atom. The third kappa shape index (κ3) is 4.90. The fraction of sp³-hybridized carbons (Fsp3) is 0.381. The number of rotatable bonds is 9.